The standard InChI is InChI=1S/C27H27FN2O3S/c1-4-22(31)23(32)14-26(33)30-12-11-16(2)13-25(30)29-27-18-9-10-21(28)17(3)20(18)15-34-24-8-6-5-7-19(24)27/h4-10,14,25,27,29,32H,1-2,11-13,15H2,3H3/b23-14-/t25-,27-/m0/s1. The van der Waals surface area contributed by atoms with E-state index >= 15 is 0 Å². The molecule has 0 spiro atoms. The number of aliphatic hydroxyl groups excluding tert-OH is 1. The van der Waals surface area contributed by atoms with E-state index < -0.39 is 23.6 Å². The third-order valence-corrected chi connectivity index (χ3v) is 7.50. The van der Waals surface area contributed by atoms with Gasteiger partial charge in [-0.3, -0.25) is 14.9 Å². The first kappa shape index (κ1) is 24.0. The molecule has 5 nitrogen and oxygen atoms in total. The number of piperidine rings is 1. The largest absolute Gasteiger partial charge is 0.504 e. The first-order chi connectivity index (χ1) is 16.3. The van der Waals surface area contributed by atoms with Crippen LogP contribution in [0.2, 0.25) is 0 Å². The summed E-state index contributed by atoms with van der Waals surface area (Å²) in [6, 6.07) is 11.1. The minimum absolute atomic E-state index is 0.237. The lowest BCUT2D eigenvalue weighted by Crippen LogP contribution is -2.52. The van der Waals surface area contributed by atoms with E-state index in [9.17, 15) is 19.1 Å². The van der Waals surface area contributed by atoms with Gasteiger partial charge in [-0.2, -0.15) is 0 Å². The van der Waals surface area contributed by atoms with Crippen molar-refractivity contribution >= 4 is 23.5 Å². The molecule has 0 saturated carbocycles. The van der Waals surface area contributed by atoms with Crippen molar-refractivity contribution < 1.29 is 19.1 Å². The summed E-state index contributed by atoms with van der Waals surface area (Å²) in [4.78, 5) is 27.4. The fourth-order valence-electron chi connectivity index (χ4n) is 4.46. The zero-order valence-electron chi connectivity index (χ0n) is 19.0. The maximum absolute atomic E-state index is 14.4. The number of nitrogens with one attached hydrogen (secondary N) is 1. The Kier molecular flexibility index (Phi) is 7.05. The molecule has 34 heavy (non-hydrogen) atoms. The molecule has 2 aliphatic rings. The van der Waals surface area contributed by atoms with Crippen LogP contribution in [0.4, 0.5) is 4.39 Å². The second-order valence-corrected chi connectivity index (χ2v) is 9.53. The number of thioether (sulfide) groups is 1. The summed E-state index contributed by atoms with van der Waals surface area (Å²) in [6.45, 7) is 9.66. The van der Waals surface area contributed by atoms with Gasteiger partial charge in [0.2, 0.25) is 5.78 Å². The molecule has 0 bridgehead atoms. The Balaban J connectivity index is 1.74. The lowest BCUT2D eigenvalue weighted by atomic mass is 9.91. The van der Waals surface area contributed by atoms with Gasteiger partial charge in [-0.25, -0.2) is 4.39 Å². The lowest BCUT2D eigenvalue weighted by Gasteiger charge is -2.39. The van der Waals surface area contributed by atoms with Crippen molar-refractivity contribution in [3.05, 3.63) is 101 Å². The predicted molar refractivity (Wildman–Crippen MR) is 132 cm³/mol. The van der Waals surface area contributed by atoms with Crippen LogP contribution in [0.1, 0.15) is 41.1 Å². The number of nitrogens with zero attached hydrogens (tertiary/aromatic N) is 1. The fraction of sp³-hybridized carbons (Fsp3) is 0.259. The van der Waals surface area contributed by atoms with E-state index in [1.54, 1.807) is 23.6 Å². The van der Waals surface area contributed by atoms with Crippen LogP contribution < -0.4 is 5.32 Å². The van der Waals surface area contributed by atoms with Gasteiger partial charge in [0.25, 0.3) is 5.91 Å². The van der Waals surface area contributed by atoms with Crippen molar-refractivity contribution in [1.29, 1.82) is 0 Å². The van der Waals surface area contributed by atoms with Crippen LogP contribution in [0, 0.1) is 12.7 Å². The maximum Gasteiger partial charge on any atom is 0.251 e. The Hall–Kier alpha value is -3.16. The summed E-state index contributed by atoms with van der Waals surface area (Å²) >= 11 is 1.67. The van der Waals surface area contributed by atoms with Gasteiger partial charge in [-0.15, -0.1) is 11.8 Å². The number of halogens is 1. The Morgan fingerprint density at radius 3 is 2.76 bits per heavy atom. The Morgan fingerprint density at radius 2 is 2.00 bits per heavy atom. The summed E-state index contributed by atoms with van der Waals surface area (Å²) in [6.07, 6.45) is 2.64. The fourth-order valence-corrected chi connectivity index (χ4v) is 5.67. The highest BCUT2D eigenvalue weighted by Gasteiger charge is 2.33. The number of likely N-dealkylation sites (tertiary alicyclic amines) is 1. The highest BCUT2D eigenvalue weighted by Crippen LogP contribution is 2.41. The second kappa shape index (κ2) is 9.99. The van der Waals surface area contributed by atoms with E-state index in [0.717, 1.165) is 39.3 Å². The summed E-state index contributed by atoms with van der Waals surface area (Å²) in [5.41, 5.74) is 4.60. The van der Waals surface area contributed by atoms with Gasteiger partial charge >= 0.3 is 0 Å². The molecule has 1 fully saturated rings. The van der Waals surface area contributed by atoms with E-state index in [4.69, 9.17) is 0 Å². The number of carbonyl (C=O) groups is 2. The maximum atomic E-state index is 14.4. The van der Waals surface area contributed by atoms with Gasteiger partial charge in [-0.05, 0) is 53.8 Å². The molecular formula is C27H27FN2O3S. The number of fused-ring (bicyclic) bond motifs is 2. The molecule has 0 unspecified atom stereocenters. The number of hydrogen-bond acceptors (Lipinski definition) is 5. The van der Waals surface area contributed by atoms with Crippen LogP contribution in [0.3, 0.4) is 0 Å². The van der Waals surface area contributed by atoms with Gasteiger partial charge in [0.1, 0.15) is 5.82 Å². The number of allylic oxidation sites excluding steroid dienone is 1. The smallest absolute Gasteiger partial charge is 0.251 e. The van der Waals surface area contributed by atoms with Crippen molar-refractivity contribution in [3.8, 4) is 0 Å². The van der Waals surface area contributed by atoms with Crippen LogP contribution in [0.5, 0.6) is 0 Å². The molecule has 2 aliphatic heterocycles. The normalized spacial score (nSPS) is 20.2. The summed E-state index contributed by atoms with van der Waals surface area (Å²) in [5.74, 6) is -1.41. The van der Waals surface area contributed by atoms with E-state index in [2.05, 4.69) is 24.5 Å². The first-order valence-electron chi connectivity index (χ1n) is 11.1. The van der Waals surface area contributed by atoms with E-state index in [0.29, 0.717) is 30.7 Å². The van der Waals surface area contributed by atoms with Crippen LogP contribution in [-0.4, -0.2) is 34.4 Å². The summed E-state index contributed by atoms with van der Waals surface area (Å²) < 4.78 is 14.4. The molecule has 2 heterocycles. The molecule has 176 valence electrons. The minimum atomic E-state index is -0.708. The predicted octanol–water partition coefficient (Wildman–Crippen LogP) is 5.12. The van der Waals surface area contributed by atoms with Crippen LogP contribution in [-0.2, 0) is 15.3 Å². The van der Waals surface area contributed by atoms with Crippen molar-refractivity contribution in [3.63, 3.8) is 0 Å². The van der Waals surface area contributed by atoms with E-state index in [-0.39, 0.29) is 11.9 Å². The second-order valence-electron chi connectivity index (χ2n) is 8.52. The Bertz CT molecular complexity index is 1210. The molecule has 4 rings (SSSR count). The van der Waals surface area contributed by atoms with Crippen molar-refractivity contribution in [1.82, 2.24) is 10.2 Å². The lowest BCUT2D eigenvalue weighted by molar-refractivity contribution is -0.130. The quantitative estimate of drug-likeness (QED) is 0.355. The zero-order valence-corrected chi connectivity index (χ0v) is 19.8. The molecule has 1 saturated heterocycles. The van der Waals surface area contributed by atoms with Crippen LogP contribution in [0.25, 0.3) is 0 Å². The van der Waals surface area contributed by atoms with Gasteiger partial charge in [-0.1, -0.05) is 43.0 Å². The number of rotatable bonds is 5. The molecule has 2 atom stereocenters. The highest BCUT2D eigenvalue weighted by molar-refractivity contribution is 7.98. The third kappa shape index (κ3) is 4.72. The molecule has 2 aromatic rings. The van der Waals surface area contributed by atoms with Crippen LogP contribution in [0.15, 0.2) is 77.9 Å². The van der Waals surface area contributed by atoms with Gasteiger partial charge in [0.05, 0.1) is 12.2 Å². The van der Waals surface area contributed by atoms with Crippen molar-refractivity contribution in [2.45, 2.75) is 42.6 Å². The average Bonchev–Trinajstić information content (AvgIpc) is 2.98. The Morgan fingerprint density at radius 1 is 1.24 bits per heavy atom. The number of hydrogen-bond donors (Lipinski definition) is 2. The molecule has 0 aromatic heterocycles. The average molecular weight is 479 g/mol. The molecule has 2 N–H and O–H groups in total. The topological polar surface area (TPSA) is 69.6 Å². The first-order valence-corrected chi connectivity index (χ1v) is 12.1. The van der Waals surface area contributed by atoms with Crippen LogP contribution >= 0.6 is 11.8 Å². The van der Waals surface area contributed by atoms with Gasteiger partial charge in [0, 0.05) is 29.7 Å². The third-order valence-electron chi connectivity index (χ3n) is 6.39. The zero-order chi connectivity index (χ0) is 24.4. The van der Waals surface area contributed by atoms with Crippen molar-refractivity contribution in [2.24, 2.45) is 0 Å². The highest BCUT2D eigenvalue weighted by atomic mass is 32.2. The SMILES string of the molecule is C=CC(=O)/C(O)=C/C(=O)N1CCC(=C)C[C@H]1N[C@@H]1c2ccccc2SCc2c1ccc(F)c2C. The number of ketones is 1. The van der Waals surface area contributed by atoms with Gasteiger partial charge < -0.3 is 10.0 Å². The molecule has 0 radical (unpaired) electrons. The van der Waals surface area contributed by atoms with E-state index in [1.165, 1.54) is 6.07 Å². The molecular weight excluding hydrogens is 451 g/mol. The molecule has 7 heteroatoms. The summed E-state index contributed by atoms with van der Waals surface area (Å²) in [7, 11) is 0. The van der Waals surface area contributed by atoms with Gasteiger partial charge in [0.15, 0.2) is 5.76 Å². The number of carbonyl (C=O) groups excluding carboxylic acids is 2. The monoisotopic (exact) mass is 478 g/mol. The minimum Gasteiger partial charge on any atom is -0.504 e. The van der Waals surface area contributed by atoms with E-state index in [1.807, 2.05) is 24.3 Å². The summed E-state index contributed by atoms with van der Waals surface area (Å²) in [5, 5.41) is 13.6. The molecule has 1 amide bonds. The van der Waals surface area contributed by atoms with Crippen molar-refractivity contribution in [2.75, 3.05) is 6.54 Å². The molecule has 0 aliphatic carbocycles. The number of aliphatic hydroxyl groups is 1. The molecule has 2 aromatic carbocycles. The Labute approximate surface area is 203 Å². The number of benzene rings is 2. The number of amides is 1.